The van der Waals surface area contributed by atoms with Crippen molar-refractivity contribution in [3.05, 3.63) is 5.82 Å². The fourth-order valence-corrected chi connectivity index (χ4v) is 4.33. The summed E-state index contributed by atoms with van der Waals surface area (Å²) in [5, 5.41) is 16.4. The number of aromatic nitrogens is 4. The first-order chi connectivity index (χ1) is 8.92. The van der Waals surface area contributed by atoms with Crippen molar-refractivity contribution in [3.63, 3.8) is 0 Å². The highest BCUT2D eigenvalue weighted by atomic mass is 32.2. The molecule has 2 unspecified atom stereocenters. The first kappa shape index (κ1) is 12.4. The van der Waals surface area contributed by atoms with Crippen LogP contribution in [0.1, 0.15) is 32.6 Å². The number of carbonyl (C=O) groups is 2. The molecule has 0 saturated carbocycles. The number of β-lactam (4-membered cyclic amide) rings is 1. The summed E-state index contributed by atoms with van der Waals surface area (Å²) in [5.41, 5.74) is 0. The van der Waals surface area contributed by atoms with Crippen LogP contribution in [0.5, 0.6) is 0 Å². The highest BCUT2D eigenvalue weighted by molar-refractivity contribution is 8.01. The van der Waals surface area contributed by atoms with E-state index in [4.69, 9.17) is 0 Å². The smallest absolute Gasteiger partial charge is 0.249 e. The maximum absolute atomic E-state index is 12.2. The van der Waals surface area contributed by atoms with Gasteiger partial charge in [-0.25, -0.2) is 5.10 Å². The minimum Gasteiger partial charge on any atom is -0.342 e. The van der Waals surface area contributed by atoms with Crippen molar-refractivity contribution in [2.45, 2.75) is 43.0 Å². The van der Waals surface area contributed by atoms with Gasteiger partial charge in [-0.05, 0) is 24.3 Å². The van der Waals surface area contributed by atoms with Gasteiger partial charge in [-0.3, -0.25) is 9.59 Å². The molecule has 2 fully saturated rings. The molecule has 0 spiro atoms. The van der Waals surface area contributed by atoms with E-state index in [0.29, 0.717) is 5.82 Å². The Morgan fingerprint density at radius 3 is 2.84 bits per heavy atom. The number of fused-ring (bicyclic) bond motifs is 1. The standard InChI is InChI=1S/C10H14N6O2S/c1-4(17)11-5-8(18)16-6(7-12-14-15-13-7)10(2,3)19-9(5)16/h5-6,9H,1-3H3,(H,11,17)(H,12,13,14,15)/t5?,6?,9-/m0/s1. The number of aromatic amines is 1. The van der Waals surface area contributed by atoms with E-state index in [1.165, 1.54) is 6.92 Å². The summed E-state index contributed by atoms with van der Waals surface area (Å²) in [5.74, 6) is 0.301. The number of carbonyl (C=O) groups excluding carboxylic acids is 2. The molecule has 102 valence electrons. The van der Waals surface area contributed by atoms with Crippen LogP contribution in [0.3, 0.4) is 0 Å². The lowest BCUT2D eigenvalue weighted by atomic mass is 9.95. The summed E-state index contributed by atoms with van der Waals surface area (Å²) in [6.07, 6.45) is 0. The van der Waals surface area contributed by atoms with E-state index in [2.05, 4.69) is 25.9 Å². The molecule has 0 aliphatic carbocycles. The van der Waals surface area contributed by atoms with Crippen LogP contribution in [0.25, 0.3) is 0 Å². The molecule has 3 heterocycles. The average Bonchev–Trinajstić information content (AvgIpc) is 2.90. The number of amides is 2. The fraction of sp³-hybridized carbons (Fsp3) is 0.700. The number of nitrogens with one attached hydrogen (secondary N) is 2. The summed E-state index contributed by atoms with van der Waals surface area (Å²) in [6, 6.07) is -0.641. The normalized spacial score (nSPS) is 31.8. The lowest BCUT2D eigenvalue weighted by Gasteiger charge is -2.44. The lowest BCUT2D eigenvalue weighted by Crippen LogP contribution is -2.67. The predicted molar refractivity (Wildman–Crippen MR) is 66.8 cm³/mol. The van der Waals surface area contributed by atoms with E-state index in [1.807, 2.05) is 13.8 Å². The quantitative estimate of drug-likeness (QED) is 0.705. The molecule has 2 aliphatic rings. The molecule has 2 N–H and O–H groups in total. The van der Waals surface area contributed by atoms with Crippen LogP contribution < -0.4 is 5.32 Å². The zero-order valence-electron chi connectivity index (χ0n) is 10.7. The number of H-pyrrole nitrogens is 1. The van der Waals surface area contributed by atoms with Gasteiger partial charge in [0.1, 0.15) is 17.5 Å². The van der Waals surface area contributed by atoms with Crippen LogP contribution in [-0.2, 0) is 9.59 Å². The Morgan fingerprint density at radius 1 is 1.53 bits per heavy atom. The Balaban J connectivity index is 1.89. The maximum Gasteiger partial charge on any atom is 0.249 e. The molecular weight excluding hydrogens is 268 g/mol. The van der Waals surface area contributed by atoms with Crippen LogP contribution in [0, 0.1) is 0 Å². The van der Waals surface area contributed by atoms with Gasteiger partial charge in [0, 0.05) is 11.7 Å². The Kier molecular flexibility index (Phi) is 2.56. The minimum absolute atomic E-state index is 0.0542. The van der Waals surface area contributed by atoms with Crippen LogP contribution >= 0.6 is 11.8 Å². The first-order valence-electron chi connectivity index (χ1n) is 5.92. The third-order valence-corrected chi connectivity index (χ3v) is 4.99. The van der Waals surface area contributed by atoms with Crippen molar-refractivity contribution < 1.29 is 9.59 Å². The van der Waals surface area contributed by atoms with Crippen molar-refractivity contribution >= 4 is 23.6 Å². The maximum atomic E-state index is 12.2. The molecular formula is C10H14N6O2S. The second-order valence-electron chi connectivity index (χ2n) is 5.22. The molecule has 0 radical (unpaired) electrons. The average molecular weight is 282 g/mol. The molecule has 9 heteroatoms. The Hall–Kier alpha value is -1.64. The lowest BCUT2D eigenvalue weighted by molar-refractivity contribution is -0.151. The predicted octanol–water partition coefficient (Wildman–Crippen LogP) is -0.561. The third kappa shape index (κ3) is 1.71. The molecule has 19 heavy (non-hydrogen) atoms. The van der Waals surface area contributed by atoms with Crippen molar-refractivity contribution in [2.24, 2.45) is 0 Å². The summed E-state index contributed by atoms with van der Waals surface area (Å²) < 4.78 is -0.214. The topological polar surface area (TPSA) is 104 Å². The molecule has 2 aliphatic heterocycles. The van der Waals surface area contributed by atoms with Gasteiger partial charge in [0.2, 0.25) is 11.8 Å². The van der Waals surface area contributed by atoms with Crippen LogP contribution in [-0.4, -0.2) is 53.5 Å². The van der Waals surface area contributed by atoms with E-state index >= 15 is 0 Å². The second-order valence-corrected chi connectivity index (χ2v) is 7.00. The fourth-order valence-electron chi connectivity index (χ4n) is 2.69. The van der Waals surface area contributed by atoms with Gasteiger partial charge in [-0.2, -0.15) is 0 Å². The van der Waals surface area contributed by atoms with Crippen molar-refractivity contribution in [1.29, 1.82) is 0 Å². The van der Waals surface area contributed by atoms with E-state index in [9.17, 15) is 9.59 Å². The molecule has 2 amide bonds. The zero-order valence-corrected chi connectivity index (χ0v) is 11.6. The molecule has 2 saturated heterocycles. The van der Waals surface area contributed by atoms with Crippen LogP contribution in [0.4, 0.5) is 0 Å². The van der Waals surface area contributed by atoms with E-state index in [0.717, 1.165) is 0 Å². The summed E-state index contributed by atoms with van der Waals surface area (Å²) in [4.78, 5) is 25.1. The van der Waals surface area contributed by atoms with Crippen LogP contribution in [0.2, 0.25) is 0 Å². The van der Waals surface area contributed by atoms with Crippen LogP contribution in [0.15, 0.2) is 0 Å². The molecule has 0 bridgehead atoms. The Bertz CT molecular complexity index is 530. The zero-order chi connectivity index (χ0) is 13.8. The number of tetrazole rings is 1. The van der Waals surface area contributed by atoms with Crippen molar-refractivity contribution in [2.75, 3.05) is 0 Å². The van der Waals surface area contributed by atoms with Gasteiger partial charge in [0.25, 0.3) is 0 Å². The highest BCUT2D eigenvalue weighted by Gasteiger charge is 2.63. The Labute approximate surface area is 113 Å². The minimum atomic E-state index is -0.442. The summed E-state index contributed by atoms with van der Waals surface area (Å²) in [7, 11) is 0. The third-order valence-electron chi connectivity index (χ3n) is 3.42. The van der Waals surface area contributed by atoms with Gasteiger partial charge >= 0.3 is 0 Å². The van der Waals surface area contributed by atoms with Gasteiger partial charge < -0.3 is 10.2 Å². The second kappa shape index (κ2) is 3.92. The first-order valence-corrected chi connectivity index (χ1v) is 6.80. The van der Waals surface area contributed by atoms with E-state index in [1.54, 1.807) is 16.7 Å². The van der Waals surface area contributed by atoms with E-state index < -0.39 is 6.04 Å². The highest BCUT2D eigenvalue weighted by Crippen LogP contribution is 2.56. The summed E-state index contributed by atoms with van der Waals surface area (Å²) >= 11 is 1.65. The molecule has 0 aromatic carbocycles. The van der Waals surface area contributed by atoms with E-state index in [-0.39, 0.29) is 28.0 Å². The monoisotopic (exact) mass is 282 g/mol. The SMILES string of the molecule is CC(=O)NC1C(=O)N2C(c3nnn[nH]3)C(C)(C)S[C@@H]12. The molecule has 1 aromatic heterocycles. The number of hydrogen-bond donors (Lipinski definition) is 2. The molecule has 1 aromatic rings. The Morgan fingerprint density at radius 2 is 2.26 bits per heavy atom. The number of nitrogens with zero attached hydrogens (tertiary/aromatic N) is 4. The van der Waals surface area contributed by atoms with Gasteiger partial charge in [0.15, 0.2) is 5.82 Å². The number of thioether (sulfide) groups is 1. The molecule has 3 rings (SSSR count). The molecule has 8 nitrogen and oxygen atoms in total. The van der Waals surface area contributed by atoms with Crippen molar-refractivity contribution in [3.8, 4) is 0 Å². The largest absolute Gasteiger partial charge is 0.342 e. The van der Waals surface area contributed by atoms with Gasteiger partial charge in [-0.15, -0.1) is 16.9 Å². The molecule has 3 atom stereocenters. The van der Waals surface area contributed by atoms with Gasteiger partial charge in [-0.1, -0.05) is 0 Å². The van der Waals surface area contributed by atoms with Gasteiger partial charge in [0.05, 0.1) is 0 Å². The summed E-state index contributed by atoms with van der Waals surface area (Å²) in [6.45, 7) is 5.50. The van der Waals surface area contributed by atoms with Crippen molar-refractivity contribution in [1.82, 2.24) is 30.8 Å². The number of hydrogen-bond acceptors (Lipinski definition) is 6. The number of rotatable bonds is 2.